The Morgan fingerprint density at radius 1 is 0.745 bits per heavy atom. The number of likely N-dealkylation sites (tertiary alicyclic amines) is 2. The molecule has 55 heavy (non-hydrogen) atoms. The van der Waals surface area contributed by atoms with Crippen LogP contribution in [0.4, 0.5) is 9.59 Å². The van der Waals surface area contributed by atoms with Gasteiger partial charge in [-0.1, -0.05) is 19.3 Å². The number of carbonyl (C=O) groups excluding carboxylic acids is 4. The van der Waals surface area contributed by atoms with Crippen molar-refractivity contribution in [3.8, 4) is 0 Å². The summed E-state index contributed by atoms with van der Waals surface area (Å²) in [6.07, 6.45) is 8.98. The first-order chi connectivity index (χ1) is 25.6. The van der Waals surface area contributed by atoms with Crippen LogP contribution in [0.1, 0.15) is 139 Å². The van der Waals surface area contributed by atoms with Crippen LogP contribution in [-0.2, 0) is 28.5 Å². The fourth-order valence-corrected chi connectivity index (χ4v) is 7.54. The molecule has 0 bridgehead atoms. The molecule has 3 aliphatic rings. The Kier molecular flexibility index (Phi) is 17.7. The van der Waals surface area contributed by atoms with E-state index in [1.54, 1.807) is 41.5 Å². The summed E-state index contributed by atoms with van der Waals surface area (Å²) in [7, 11) is 4.09. The zero-order valence-electron chi connectivity index (χ0n) is 36.0. The fraction of sp³-hybridized carbons (Fsp3) is 0.878. The number of rotatable bonds is 12. The molecule has 3 amide bonds. The molecule has 316 valence electrons. The van der Waals surface area contributed by atoms with E-state index < -0.39 is 35.0 Å². The molecule has 3 rings (SSSR count). The summed E-state index contributed by atoms with van der Waals surface area (Å²) in [6.45, 7) is 19.9. The SMILES string of the molecule is CN(C)CCN(C1CCCCC1)[C@@H](CC(=O)OC(C)(C)C)C(=O)N1CCCCC1CCOC1CCN(/C(=N\C(=O)OC(C)(C)C)NC(=O)OC(C)(C)C)CC1. The minimum Gasteiger partial charge on any atom is -0.460 e. The van der Waals surface area contributed by atoms with Crippen LogP contribution in [-0.4, -0.2) is 144 Å². The van der Waals surface area contributed by atoms with E-state index in [9.17, 15) is 19.2 Å². The van der Waals surface area contributed by atoms with Gasteiger partial charge >= 0.3 is 18.2 Å². The molecule has 0 radical (unpaired) electrons. The molecule has 2 atom stereocenters. The second-order valence-electron chi connectivity index (χ2n) is 18.7. The number of nitrogens with zero attached hydrogens (tertiary/aromatic N) is 5. The van der Waals surface area contributed by atoms with Gasteiger partial charge in [-0.15, -0.1) is 4.99 Å². The van der Waals surface area contributed by atoms with Crippen molar-refractivity contribution in [1.29, 1.82) is 0 Å². The first kappa shape index (κ1) is 46.4. The number of amides is 3. The molecular weight excluding hydrogens is 704 g/mol. The van der Waals surface area contributed by atoms with Crippen LogP contribution in [0.15, 0.2) is 4.99 Å². The summed E-state index contributed by atoms with van der Waals surface area (Å²) in [4.78, 5) is 65.9. The number of piperidine rings is 2. The van der Waals surface area contributed by atoms with Crippen molar-refractivity contribution in [3.05, 3.63) is 0 Å². The van der Waals surface area contributed by atoms with Gasteiger partial charge in [0.05, 0.1) is 12.5 Å². The van der Waals surface area contributed by atoms with Gasteiger partial charge in [0.25, 0.3) is 0 Å². The first-order valence-corrected chi connectivity index (χ1v) is 20.7. The molecule has 1 N–H and O–H groups in total. The maximum absolute atomic E-state index is 14.7. The predicted octanol–water partition coefficient (Wildman–Crippen LogP) is 6.35. The number of aliphatic imine (C=N–C) groups is 1. The van der Waals surface area contributed by atoms with Crippen molar-refractivity contribution in [3.63, 3.8) is 0 Å². The third kappa shape index (κ3) is 17.4. The Labute approximate surface area is 331 Å². The van der Waals surface area contributed by atoms with Gasteiger partial charge in [-0.3, -0.25) is 19.8 Å². The number of alkyl carbamates (subject to hydrolysis) is 1. The minimum atomic E-state index is -0.795. The highest BCUT2D eigenvalue weighted by Gasteiger charge is 2.40. The van der Waals surface area contributed by atoms with Crippen LogP contribution in [0.25, 0.3) is 0 Å². The van der Waals surface area contributed by atoms with E-state index in [0.29, 0.717) is 52.0 Å². The van der Waals surface area contributed by atoms with Crippen molar-refractivity contribution in [1.82, 2.24) is 24.9 Å². The second-order valence-corrected chi connectivity index (χ2v) is 18.7. The van der Waals surface area contributed by atoms with Gasteiger partial charge < -0.3 is 33.6 Å². The van der Waals surface area contributed by atoms with Gasteiger partial charge in [-0.05, 0) is 128 Å². The number of nitrogens with one attached hydrogen (secondary N) is 1. The van der Waals surface area contributed by atoms with Gasteiger partial charge in [0, 0.05) is 51.4 Å². The van der Waals surface area contributed by atoms with E-state index in [1.807, 2.05) is 44.7 Å². The highest BCUT2D eigenvalue weighted by Crippen LogP contribution is 2.29. The lowest BCUT2D eigenvalue weighted by atomic mass is 9.91. The number of hydrogen-bond acceptors (Lipinski definition) is 10. The van der Waals surface area contributed by atoms with Crippen LogP contribution in [0.3, 0.4) is 0 Å². The number of ether oxygens (including phenoxy) is 4. The van der Waals surface area contributed by atoms with Gasteiger partial charge in [-0.2, -0.15) is 0 Å². The molecule has 1 aliphatic carbocycles. The maximum atomic E-state index is 14.7. The number of guanidine groups is 1. The fourth-order valence-electron chi connectivity index (χ4n) is 7.54. The van der Waals surface area contributed by atoms with E-state index >= 15 is 0 Å². The molecule has 14 nitrogen and oxygen atoms in total. The molecule has 2 heterocycles. The molecule has 0 spiro atoms. The smallest absolute Gasteiger partial charge is 0.437 e. The molecule has 0 aromatic heterocycles. The van der Waals surface area contributed by atoms with Crippen molar-refractivity contribution in [2.45, 2.75) is 180 Å². The average molecular weight is 779 g/mol. The normalized spacial score (nSPS) is 20.4. The van der Waals surface area contributed by atoms with Gasteiger partial charge in [-0.25, -0.2) is 9.59 Å². The zero-order valence-corrected chi connectivity index (χ0v) is 36.0. The van der Waals surface area contributed by atoms with Crippen LogP contribution in [0.5, 0.6) is 0 Å². The van der Waals surface area contributed by atoms with Crippen molar-refractivity contribution in [2.75, 3.05) is 53.4 Å². The summed E-state index contributed by atoms with van der Waals surface area (Å²) in [5, 5.41) is 2.65. The van der Waals surface area contributed by atoms with E-state index in [4.69, 9.17) is 18.9 Å². The van der Waals surface area contributed by atoms with E-state index in [1.165, 1.54) is 6.42 Å². The predicted molar refractivity (Wildman–Crippen MR) is 214 cm³/mol. The van der Waals surface area contributed by atoms with Crippen molar-refractivity contribution in [2.24, 2.45) is 4.99 Å². The van der Waals surface area contributed by atoms with Crippen molar-refractivity contribution < 1.29 is 38.1 Å². The molecule has 2 aliphatic heterocycles. The number of hydrogen-bond donors (Lipinski definition) is 1. The molecule has 14 heteroatoms. The second kappa shape index (κ2) is 21.0. The monoisotopic (exact) mass is 779 g/mol. The van der Waals surface area contributed by atoms with Crippen LogP contribution >= 0.6 is 0 Å². The summed E-state index contributed by atoms with van der Waals surface area (Å²) >= 11 is 0. The molecule has 0 aromatic carbocycles. The lowest BCUT2D eigenvalue weighted by molar-refractivity contribution is -0.161. The Balaban J connectivity index is 1.68. The molecule has 1 saturated carbocycles. The lowest BCUT2D eigenvalue weighted by Gasteiger charge is -2.44. The molecule has 1 unspecified atom stereocenters. The highest BCUT2D eigenvalue weighted by atomic mass is 16.6. The molecule has 3 fully saturated rings. The van der Waals surface area contributed by atoms with Crippen LogP contribution in [0.2, 0.25) is 0 Å². The summed E-state index contributed by atoms with van der Waals surface area (Å²) in [5.41, 5.74) is -2.09. The number of esters is 1. The first-order valence-electron chi connectivity index (χ1n) is 20.7. The Morgan fingerprint density at radius 2 is 1.35 bits per heavy atom. The van der Waals surface area contributed by atoms with Crippen molar-refractivity contribution >= 4 is 30.0 Å². The summed E-state index contributed by atoms with van der Waals surface area (Å²) < 4.78 is 23.0. The maximum Gasteiger partial charge on any atom is 0.437 e. The average Bonchev–Trinajstić information content (AvgIpc) is 3.05. The summed E-state index contributed by atoms with van der Waals surface area (Å²) in [5.74, 6) is -0.213. The quantitative estimate of drug-likeness (QED) is 0.103. The molecule has 2 saturated heterocycles. The van der Waals surface area contributed by atoms with E-state index in [-0.39, 0.29) is 42.4 Å². The Morgan fingerprint density at radius 3 is 1.93 bits per heavy atom. The standard InChI is InChI=1S/C41H74N6O8/c1-39(2,3)53-34(48)29-33(46(27-26-44(10)11)30-17-13-12-14-18-30)35(49)47-23-16-15-19-31(47)22-28-52-32-20-24-45(25-21-32)36(42-37(50)54-40(4,5)6)43-38(51)55-41(7,8)9/h30-33H,12-29H2,1-11H3,(H,42,43,50,51)/t31?,33-/m0/s1. The van der Waals surface area contributed by atoms with Crippen LogP contribution in [0, 0.1) is 0 Å². The van der Waals surface area contributed by atoms with Gasteiger partial charge in [0.15, 0.2) is 0 Å². The lowest BCUT2D eigenvalue weighted by Crippen LogP contribution is -2.58. The largest absolute Gasteiger partial charge is 0.460 e. The molecule has 0 aromatic rings. The highest BCUT2D eigenvalue weighted by molar-refractivity contribution is 5.99. The third-order valence-corrected chi connectivity index (χ3v) is 9.97. The van der Waals surface area contributed by atoms with Crippen LogP contribution < -0.4 is 5.32 Å². The Bertz CT molecular complexity index is 1270. The van der Waals surface area contributed by atoms with Gasteiger partial charge in [0.1, 0.15) is 22.8 Å². The number of carbonyl (C=O) groups is 4. The minimum absolute atomic E-state index is 0.0233. The topological polar surface area (TPSA) is 143 Å². The van der Waals surface area contributed by atoms with Gasteiger partial charge in [0.2, 0.25) is 11.9 Å². The summed E-state index contributed by atoms with van der Waals surface area (Å²) in [6, 6.07) is -0.291. The Hall–Kier alpha value is -2.97. The third-order valence-electron chi connectivity index (χ3n) is 9.97. The zero-order chi connectivity index (χ0) is 41.0. The van der Waals surface area contributed by atoms with E-state index in [2.05, 4.69) is 20.1 Å². The van der Waals surface area contributed by atoms with E-state index in [0.717, 1.165) is 51.5 Å². The molecular formula is C41H74N6O8. The number of likely N-dealkylation sites (N-methyl/N-ethyl adjacent to an activating group) is 1.